The normalized spacial score (nSPS) is 19.2. The van der Waals surface area contributed by atoms with Gasteiger partial charge in [-0.1, -0.05) is 13.0 Å². The molecule has 7 heteroatoms. The largest absolute Gasteiger partial charge is 0.355 e. The van der Waals surface area contributed by atoms with Crippen molar-refractivity contribution < 1.29 is 9.59 Å². The minimum Gasteiger partial charge on any atom is -0.355 e. The lowest BCUT2D eigenvalue weighted by atomic mass is 9.88. The minimum absolute atomic E-state index is 0.0123. The first-order valence-electron chi connectivity index (χ1n) is 9.07. The van der Waals surface area contributed by atoms with Gasteiger partial charge in [0.15, 0.2) is 0 Å². The fourth-order valence-electron chi connectivity index (χ4n) is 3.22. The molecule has 3 rings (SSSR count). The standard InChI is InChI=1S/C18H27N5O2/c1-14(15-12-19-13-15)18(25)21-7-5-17(24)23-10-8-22(9-11-23)16-4-2-3-6-20-16/h2-4,6,14-15,19H,5,7-13H2,1H3,(H,21,25). The Hall–Kier alpha value is -2.15. The number of amides is 2. The third kappa shape index (κ3) is 4.48. The molecule has 25 heavy (non-hydrogen) atoms. The third-order valence-electron chi connectivity index (χ3n) is 5.18. The minimum atomic E-state index is 0.0123. The van der Waals surface area contributed by atoms with E-state index >= 15 is 0 Å². The van der Waals surface area contributed by atoms with E-state index in [1.807, 2.05) is 30.0 Å². The summed E-state index contributed by atoms with van der Waals surface area (Å²) in [5.41, 5.74) is 0. The zero-order valence-corrected chi connectivity index (χ0v) is 14.8. The maximum Gasteiger partial charge on any atom is 0.224 e. The van der Waals surface area contributed by atoms with Gasteiger partial charge in [0.05, 0.1) is 0 Å². The van der Waals surface area contributed by atoms with Crippen LogP contribution in [-0.2, 0) is 9.59 Å². The number of carbonyl (C=O) groups is 2. The van der Waals surface area contributed by atoms with Gasteiger partial charge in [0.1, 0.15) is 5.82 Å². The smallest absolute Gasteiger partial charge is 0.224 e. The number of aromatic nitrogens is 1. The maximum absolute atomic E-state index is 12.3. The molecule has 7 nitrogen and oxygen atoms in total. The molecule has 0 bridgehead atoms. The molecule has 0 aromatic carbocycles. The summed E-state index contributed by atoms with van der Waals surface area (Å²) in [6.45, 7) is 7.19. The lowest BCUT2D eigenvalue weighted by Crippen LogP contribution is -2.50. The Morgan fingerprint density at radius 2 is 2.04 bits per heavy atom. The van der Waals surface area contributed by atoms with Crippen LogP contribution in [-0.4, -0.2) is 67.5 Å². The number of hydrogen-bond donors (Lipinski definition) is 2. The molecule has 0 aliphatic carbocycles. The molecule has 3 heterocycles. The Labute approximate surface area is 148 Å². The van der Waals surface area contributed by atoms with E-state index in [0.29, 0.717) is 32.0 Å². The molecule has 1 aromatic rings. The first-order chi connectivity index (χ1) is 12.1. The van der Waals surface area contributed by atoms with Gasteiger partial charge in [0.25, 0.3) is 0 Å². The number of rotatable bonds is 6. The third-order valence-corrected chi connectivity index (χ3v) is 5.18. The van der Waals surface area contributed by atoms with Crippen LogP contribution in [0.25, 0.3) is 0 Å². The van der Waals surface area contributed by atoms with Gasteiger partial charge in [-0.3, -0.25) is 9.59 Å². The number of nitrogens with one attached hydrogen (secondary N) is 2. The molecule has 136 valence electrons. The Kier molecular flexibility index (Phi) is 5.86. The summed E-state index contributed by atoms with van der Waals surface area (Å²) >= 11 is 0. The SMILES string of the molecule is CC(C(=O)NCCC(=O)N1CCN(c2ccccn2)CC1)C1CNC1. The van der Waals surface area contributed by atoms with Gasteiger partial charge in [0.2, 0.25) is 11.8 Å². The molecule has 2 N–H and O–H groups in total. The van der Waals surface area contributed by atoms with Crippen molar-refractivity contribution >= 4 is 17.6 Å². The van der Waals surface area contributed by atoms with E-state index in [1.54, 1.807) is 6.20 Å². The van der Waals surface area contributed by atoms with E-state index in [9.17, 15) is 9.59 Å². The summed E-state index contributed by atoms with van der Waals surface area (Å²) < 4.78 is 0. The number of hydrogen-bond acceptors (Lipinski definition) is 5. The van der Waals surface area contributed by atoms with E-state index in [2.05, 4.69) is 20.5 Å². The van der Waals surface area contributed by atoms with Crippen molar-refractivity contribution in [3.63, 3.8) is 0 Å². The van der Waals surface area contributed by atoms with Crippen LogP contribution in [0.2, 0.25) is 0 Å². The number of carbonyl (C=O) groups excluding carboxylic acids is 2. The molecular formula is C18H27N5O2. The summed E-state index contributed by atoms with van der Waals surface area (Å²) in [5.74, 6) is 1.56. The van der Waals surface area contributed by atoms with Crippen molar-refractivity contribution in [1.29, 1.82) is 0 Å². The lowest BCUT2D eigenvalue weighted by Gasteiger charge is -2.35. The van der Waals surface area contributed by atoms with E-state index in [-0.39, 0.29) is 17.7 Å². The second-order valence-corrected chi connectivity index (χ2v) is 6.80. The number of anilines is 1. The topological polar surface area (TPSA) is 77.6 Å². The van der Waals surface area contributed by atoms with E-state index in [0.717, 1.165) is 32.0 Å². The van der Waals surface area contributed by atoms with Crippen molar-refractivity contribution in [3.8, 4) is 0 Å². The predicted molar refractivity (Wildman–Crippen MR) is 96.2 cm³/mol. The maximum atomic E-state index is 12.3. The highest BCUT2D eigenvalue weighted by Crippen LogP contribution is 2.16. The molecular weight excluding hydrogens is 318 g/mol. The van der Waals surface area contributed by atoms with Crippen LogP contribution in [0.3, 0.4) is 0 Å². The summed E-state index contributed by atoms with van der Waals surface area (Å²) in [4.78, 5) is 32.8. The van der Waals surface area contributed by atoms with E-state index in [4.69, 9.17) is 0 Å². The molecule has 2 saturated heterocycles. The average molecular weight is 345 g/mol. The van der Waals surface area contributed by atoms with Crippen LogP contribution in [0.15, 0.2) is 24.4 Å². The molecule has 2 fully saturated rings. The van der Waals surface area contributed by atoms with E-state index < -0.39 is 0 Å². The predicted octanol–water partition coefficient (Wildman–Crippen LogP) is 0.0920. The van der Waals surface area contributed by atoms with Gasteiger partial charge < -0.3 is 20.4 Å². The van der Waals surface area contributed by atoms with Crippen molar-refractivity contribution in [2.75, 3.05) is 50.7 Å². The second kappa shape index (κ2) is 8.29. The van der Waals surface area contributed by atoms with Gasteiger partial charge in [-0.15, -0.1) is 0 Å². The fourth-order valence-corrected chi connectivity index (χ4v) is 3.22. The van der Waals surface area contributed by atoms with Crippen LogP contribution in [0.4, 0.5) is 5.82 Å². The van der Waals surface area contributed by atoms with Crippen LogP contribution in [0, 0.1) is 11.8 Å². The molecule has 0 spiro atoms. The molecule has 2 amide bonds. The highest BCUT2D eigenvalue weighted by Gasteiger charge is 2.28. The Bertz CT molecular complexity index is 582. The number of nitrogens with zero attached hydrogens (tertiary/aromatic N) is 3. The first kappa shape index (κ1) is 17.7. The molecule has 2 aliphatic heterocycles. The van der Waals surface area contributed by atoms with Gasteiger partial charge in [-0.2, -0.15) is 0 Å². The van der Waals surface area contributed by atoms with Crippen molar-refractivity contribution in [2.24, 2.45) is 11.8 Å². The molecule has 0 saturated carbocycles. The Morgan fingerprint density at radius 3 is 2.64 bits per heavy atom. The first-order valence-corrected chi connectivity index (χ1v) is 9.07. The van der Waals surface area contributed by atoms with Crippen LogP contribution in [0.5, 0.6) is 0 Å². The Balaban J connectivity index is 1.36. The summed E-state index contributed by atoms with van der Waals surface area (Å²) in [6.07, 6.45) is 2.15. The fraction of sp³-hybridized carbons (Fsp3) is 0.611. The Morgan fingerprint density at radius 1 is 1.28 bits per heavy atom. The zero-order chi connectivity index (χ0) is 17.6. The van der Waals surface area contributed by atoms with Gasteiger partial charge >= 0.3 is 0 Å². The summed E-state index contributed by atoms with van der Waals surface area (Å²) in [5, 5.41) is 6.08. The van der Waals surface area contributed by atoms with Crippen molar-refractivity contribution in [1.82, 2.24) is 20.5 Å². The molecule has 0 radical (unpaired) electrons. The monoisotopic (exact) mass is 345 g/mol. The van der Waals surface area contributed by atoms with Crippen molar-refractivity contribution in [3.05, 3.63) is 24.4 Å². The molecule has 1 atom stereocenters. The molecule has 1 unspecified atom stereocenters. The number of pyridine rings is 1. The molecule has 1 aromatic heterocycles. The quantitative estimate of drug-likeness (QED) is 0.764. The summed E-state index contributed by atoms with van der Waals surface area (Å²) in [7, 11) is 0. The van der Waals surface area contributed by atoms with Gasteiger partial charge in [-0.05, 0) is 31.1 Å². The lowest BCUT2D eigenvalue weighted by molar-refractivity contribution is -0.131. The summed E-state index contributed by atoms with van der Waals surface area (Å²) in [6, 6.07) is 5.87. The number of piperazine rings is 1. The highest BCUT2D eigenvalue weighted by atomic mass is 16.2. The van der Waals surface area contributed by atoms with Crippen molar-refractivity contribution in [2.45, 2.75) is 13.3 Å². The highest BCUT2D eigenvalue weighted by molar-refractivity contribution is 5.80. The van der Waals surface area contributed by atoms with Crippen LogP contribution in [0.1, 0.15) is 13.3 Å². The average Bonchev–Trinajstić information content (AvgIpc) is 2.61. The second-order valence-electron chi connectivity index (χ2n) is 6.80. The van der Waals surface area contributed by atoms with Gasteiger partial charge in [-0.25, -0.2) is 4.98 Å². The van der Waals surface area contributed by atoms with E-state index in [1.165, 1.54) is 0 Å². The zero-order valence-electron chi connectivity index (χ0n) is 14.8. The van der Waals surface area contributed by atoms with Crippen LogP contribution < -0.4 is 15.5 Å². The van der Waals surface area contributed by atoms with Crippen LogP contribution >= 0.6 is 0 Å². The van der Waals surface area contributed by atoms with Gasteiger partial charge in [0, 0.05) is 51.3 Å². The molecule has 2 aliphatic rings.